The third kappa shape index (κ3) is 5.61. The second kappa shape index (κ2) is 10.4. The minimum Gasteiger partial charge on any atom is -0.451 e. The summed E-state index contributed by atoms with van der Waals surface area (Å²) < 4.78 is 10.2. The van der Waals surface area contributed by atoms with E-state index in [-0.39, 0.29) is 18.6 Å². The van der Waals surface area contributed by atoms with Gasteiger partial charge in [-0.2, -0.15) is 0 Å². The zero-order valence-corrected chi connectivity index (χ0v) is 18.9. The van der Waals surface area contributed by atoms with E-state index in [1.165, 1.54) is 16.9 Å². The predicted molar refractivity (Wildman–Crippen MR) is 117 cm³/mol. The number of rotatable bonds is 6. The number of hydrogen-bond donors (Lipinski definition) is 0. The lowest BCUT2D eigenvalue weighted by Gasteiger charge is -2.33. The molecule has 31 heavy (non-hydrogen) atoms. The summed E-state index contributed by atoms with van der Waals surface area (Å²) in [5.41, 5.74) is 2.76. The first-order valence-corrected chi connectivity index (χ1v) is 11.2. The zero-order valence-electron chi connectivity index (χ0n) is 18.1. The lowest BCUT2D eigenvalue weighted by molar-refractivity contribution is -0.136. The van der Waals surface area contributed by atoms with Crippen molar-refractivity contribution in [3.05, 3.63) is 40.4 Å². The SMILES string of the molecule is CCOC(=O)N1CCN(C(=O)COC(=O)c2sc(-c3ccc(CC)cc3)nc2C)CC1. The third-order valence-corrected chi connectivity index (χ3v) is 6.26. The molecule has 3 rings (SSSR count). The van der Waals surface area contributed by atoms with E-state index < -0.39 is 5.97 Å². The maximum absolute atomic E-state index is 12.5. The molecule has 0 aliphatic carbocycles. The molecular weight excluding hydrogens is 418 g/mol. The van der Waals surface area contributed by atoms with Gasteiger partial charge in [0, 0.05) is 31.7 Å². The molecule has 2 amide bonds. The van der Waals surface area contributed by atoms with Crippen molar-refractivity contribution in [2.24, 2.45) is 0 Å². The fraction of sp³-hybridized carbons (Fsp3) is 0.455. The number of thiazole rings is 1. The van der Waals surface area contributed by atoms with Crippen LogP contribution in [0.2, 0.25) is 0 Å². The van der Waals surface area contributed by atoms with Gasteiger partial charge in [0.05, 0.1) is 12.3 Å². The molecule has 0 spiro atoms. The highest BCUT2D eigenvalue weighted by Gasteiger charge is 2.26. The molecule has 1 aromatic carbocycles. The molecule has 8 nitrogen and oxygen atoms in total. The first-order chi connectivity index (χ1) is 14.9. The van der Waals surface area contributed by atoms with Gasteiger partial charge < -0.3 is 19.3 Å². The van der Waals surface area contributed by atoms with Gasteiger partial charge >= 0.3 is 12.1 Å². The van der Waals surface area contributed by atoms with E-state index >= 15 is 0 Å². The summed E-state index contributed by atoms with van der Waals surface area (Å²) in [6.07, 6.45) is 0.586. The molecule has 1 fully saturated rings. The Kier molecular flexibility index (Phi) is 7.62. The molecule has 0 unspecified atom stereocenters. The second-order valence-corrected chi connectivity index (χ2v) is 8.13. The average Bonchev–Trinajstić information content (AvgIpc) is 3.19. The van der Waals surface area contributed by atoms with E-state index in [1.807, 2.05) is 24.3 Å². The van der Waals surface area contributed by atoms with Crippen molar-refractivity contribution < 1.29 is 23.9 Å². The highest BCUT2D eigenvalue weighted by Crippen LogP contribution is 2.28. The van der Waals surface area contributed by atoms with Crippen LogP contribution >= 0.6 is 11.3 Å². The maximum Gasteiger partial charge on any atom is 0.409 e. The van der Waals surface area contributed by atoms with Gasteiger partial charge in [0.15, 0.2) is 6.61 Å². The summed E-state index contributed by atoms with van der Waals surface area (Å²) in [4.78, 5) is 44.7. The summed E-state index contributed by atoms with van der Waals surface area (Å²) in [5, 5.41) is 0.744. The van der Waals surface area contributed by atoms with Crippen LogP contribution in [0.5, 0.6) is 0 Å². The quantitative estimate of drug-likeness (QED) is 0.635. The molecule has 1 saturated heterocycles. The maximum atomic E-state index is 12.5. The standard InChI is InChI=1S/C22H27N3O5S/c1-4-16-6-8-17(9-7-16)20-23-15(3)19(31-20)21(27)30-14-18(26)24-10-12-25(13-11-24)22(28)29-5-2/h6-9H,4-5,10-14H2,1-3H3. The summed E-state index contributed by atoms with van der Waals surface area (Å²) in [5.74, 6) is -0.834. The topological polar surface area (TPSA) is 89.0 Å². The monoisotopic (exact) mass is 445 g/mol. The number of aromatic nitrogens is 1. The highest BCUT2D eigenvalue weighted by molar-refractivity contribution is 7.17. The van der Waals surface area contributed by atoms with Gasteiger partial charge in [-0.25, -0.2) is 14.6 Å². The molecule has 2 aromatic rings. The van der Waals surface area contributed by atoms with E-state index in [4.69, 9.17) is 9.47 Å². The average molecular weight is 446 g/mol. The van der Waals surface area contributed by atoms with Crippen LogP contribution in [0.3, 0.4) is 0 Å². The Morgan fingerprint density at radius 3 is 2.26 bits per heavy atom. The summed E-state index contributed by atoms with van der Waals surface area (Å²) in [6, 6.07) is 8.08. The molecule has 0 atom stereocenters. The second-order valence-electron chi connectivity index (χ2n) is 7.13. The summed E-state index contributed by atoms with van der Waals surface area (Å²) in [6.45, 7) is 7.14. The number of esters is 1. The fourth-order valence-electron chi connectivity index (χ4n) is 3.23. The lowest BCUT2D eigenvalue weighted by atomic mass is 10.1. The Morgan fingerprint density at radius 2 is 1.65 bits per heavy atom. The third-order valence-electron chi connectivity index (χ3n) is 5.08. The lowest BCUT2D eigenvalue weighted by Crippen LogP contribution is -2.51. The van der Waals surface area contributed by atoms with Gasteiger partial charge in [-0.15, -0.1) is 11.3 Å². The van der Waals surface area contributed by atoms with Crippen molar-refractivity contribution in [1.29, 1.82) is 0 Å². The number of amides is 2. The van der Waals surface area contributed by atoms with Gasteiger partial charge in [0.2, 0.25) is 0 Å². The number of nitrogens with zero attached hydrogens (tertiary/aromatic N) is 3. The molecule has 0 N–H and O–H groups in total. The Bertz CT molecular complexity index is 933. The van der Waals surface area contributed by atoms with E-state index in [1.54, 1.807) is 23.6 Å². The highest BCUT2D eigenvalue weighted by atomic mass is 32.1. The van der Waals surface area contributed by atoms with Gasteiger partial charge in [-0.05, 0) is 25.8 Å². The molecule has 1 aliphatic heterocycles. The van der Waals surface area contributed by atoms with Crippen molar-refractivity contribution in [2.75, 3.05) is 39.4 Å². The van der Waals surface area contributed by atoms with Gasteiger partial charge in [-0.1, -0.05) is 31.2 Å². The van der Waals surface area contributed by atoms with Crippen LogP contribution in [0.1, 0.15) is 34.8 Å². The van der Waals surface area contributed by atoms with Crippen LogP contribution in [-0.4, -0.2) is 72.1 Å². The van der Waals surface area contributed by atoms with Gasteiger partial charge in [0.1, 0.15) is 9.88 Å². The molecule has 9 heteroatoms. The number of aryl methyl sites for hydroxylation is 2. The van der Waals surface area contributed by atoms with Gasteiger partial charge in [0.25, 0.3) is 5.91 Å². The normalized spacial score (nSPS) is 13.8. The van der Waals surface area contributed by atoms with Crippen LogP contribution in [0.4, 0.5) is 4.79 Å². The molecule has 1 aliphatic rings. The first kappa shape index (κ1) is 22.7. The van der Waals surface area contributed by atoms with Crippen molar-refractivity contribution in [1.82, 2.24) is 14.8 Å². The number of carbonyl (C=O) groups excluding carboxylic acids is 3. The smallest absolute Gasteiger partial charge is 0.409 e. The Hall–Kier alpha value is -2.94. The minimum atomic E-state index is -0.551. The van der Waals surface area contributed by atoms with Crippen molar-refractivity contribution in [3.63, 3.8) is 0 Å². The number of piperazine rings is 1. The van der Waals surface area contributed by atoms with Crippen molar-refractivity contribution in [3.8, 4) is 10.6 Å². The molecule has 0 bridgehead atoms. The van der Waals surface area contributed by atoms with Crippen molar-refractivity contribution in [2.45, 2.75) is 27.2 Å². The van der Waals surface area contributed by atoms with E-state index in [0.717, 1.165) is 17.0 Å². The van der Waals surface area contributed by atoms with Crippen LogP contribution in [0, 0.1) is 6.92 Å². The summed E-state index contributed by atoms with van der Waals surface area (Å²) in [7, 11) is 0. The number of ether oxygens (including phenoxy) is 2. The van der Waals surface area contributed by atoms with E-state index in [9.17, 15) is 14.4 Å². The van der Waals surface area contributed by atoms with E-state index in [2.05, 4.69) is 11.9 Å². The largest absolute Gasteiger partial charge is 0.451 e. The molecular formula is C22H27N3O5S. The Balaban J connectivity index is 1.53. The zero-order chi connectivity index (χ0) is 22.4. The van der Waals surface area contributed by atoms with Crippen LogP contribution in [0.15, 0.2) is 24.3 Å². The van der Waals surface area contributed by atoms with Crippen molar-refractivity contribution >= 4 is 29.3 Å². The minimum absolute atomic E-state index is 0.283. The predicted octanol–water partition coefficient (Wildman–Crippen LogP) is 3.14. The molecule has 0 radical (unpaired) electrons. The van der Waals surface area contributed by atoms with Crippen LogP contribution < -0.4 is 0 Å². The molecule has 1 aromatic heterocycles. The summed E-state index contributed by atoms with van der Waals surface area (Å²) >= 11 is 1.26. The molecule has 2 heterocycles. The molecule has 166 valence electrons. The number of benzene rings is 1. The van der Waals surface area contributed by atoms with Crippen LogP contribution in [-0.2, 0) is 20.7 Å². The number of hydrogen-bond acceptors (Lipinski definition) is 7. The van der Waals surface area contributed by atoms with Gasteiger partial charge in [-0.3, -0.25) is 4.79 Å². The Labute approximate surface area is 185 Å². The van der Waals surface area contributed by atoms with Crippen LogP contribution in [0.25, 0.3) is 10.6 Å². The Morgan fingerprint density at radius 1 is 1.00 bits per heavy atom. The number of carbonyl (C=O) groups is 3. The van der Waals surface area contributed by atoms with E-state index in [0.29, 0.717) is 43.4 Å². The first-order valence-electron chi connectivity index (χ1n) is 10.4. The molecule has 0 saturated carbocycles. The fourth-order valence-corrected chi connectivity index (χ4v) is 4.20.